The summed E-state index contributed by atoms with van der Waals surface area (Å²) in [5, 5.41) is 2.21. The Bertz CT molecular complexity index is 832. The molecule has 2 aromatic carbocycles. The molecule has 3 nitrogen and oxygen atoms in total. The van der Waals surface area contributed by atoms with E-state index in [-0.39, 0.29) is 12.1 Å². The van der Waals surface area contributed by atoms with E-state index in [1.165, 1.54) is 49.2 Å². The first kappa shape index (κ1) is 21.7. The van der Waals surface area contributed by atoms with Gasteiger partial charge in [0.2, 0.25) is 5.91 Å². The highest BCUT2D eigenvalue weighted by Gasteiger charge is 2.35. The SMILES string of the molecule is CC(C(=O)Nc1ccccc1C(F)(F)F)N(C)Cc1ccccc1C(F)(F)F. The van der Waals surface area contributed by atoms with Crippen molar-refractivity contribution in [2.75, 3.05) is 12.4 Å². The Kier molecular flexibility index (Phi) is 6.38. The number of halogens is 6. The number of hydrogen-bond donors (Lipinski definition) is 1. The van der Waals surface area contributed by atoms with Crippen LogP contribution in [-0.2, 0) is 23.7 Å². The molecule has 0 aliphatic rings. The largest absolute Gasteiger partial charge is 0.418 e. The van der Waals surface area contributed by atoms with E-state index in [1.807, 2.05) is 0 Å². The average molecular weight is 404 g/mol. The molecule has 1 amide bonds. The number of rotatable bonds is 5. The second-order valence-corrected chi connectivity index (χ2v) is 6.28. The van der Waals surface area contributed by atoms with Crippen molar-refractivity contribution < 1.29 is 31.1 Å². The minimum atomic E-state index is -4.65. The zero-order valence-electron chi connectivity index (χ0n) is 15.0. The number of carbonyl (C=O) groups excluding carboxylic acids is 1. The lowest BCUT2D eigenvalue weighted by molar-refractivity contribution is -0.138. The maximum absolute atomic E-state index is 13.1. The van der Waals surface area contributed by atoms with E-state index in [4.69, 9.17) is 0 Å². The lowest BCUT2D eigenvalue weighted by Crippen LogP contribution is -2.39. The van der Waals surface area contributed by atoms with Crippen LogP contribution in [0.4, 0.5) is 32.0 Å². The van der Waals surface area contributed by atoms with E-state index >= 15 is 0 Å². The van der Waals surface area contributed by atoms with Gasteiger partial charge < -0.3 is 5.32 Å². The standard InChI is InChI=1S/C19H18F6N2O/c1-12(17(28)26-16-10-6-5-9-15(16)19(23,24)25)27(2)11-13-7-3-4-8-14(13)18(20,21)22/h3-10,12H,11H2,1-2H3,(H,26,28). The van der Waals surface area contributed by atoms with Gasteiger partial charge in [0.15, 0.2) is 0 Å². The fourth-order valence-corrected chi connectivity index (χ4v) is 2.62. The first-order valence-corrected chi connectivity index (χ1v) is 8.23. The summed E-state index contributed by atoms with van der Waals surface area (Å²) in [6.07, 6.45) is -9.20. The third-order valence-corrected chi connectivity index (χ3v) is 4.27. The van der Waals surface area contributed by atoms with Crippen molar-refractivity contribution in [3.8, 4) is 0 Å². The van der Waals surface area contributed by atoms with Crippen molar-refractivity contribution in [3.05, 3.63) is 65.2 Å². The van der Waals surface area contributed by atoms with Crippen LogP contribution in [0.1, 0.15) is 23.6 Å². The van der Waals surface area contributed by atoms with Gasteiger partial charge in [0.05, 0.1) is 22.9 Å². The van der Waals surface area contributed by atoms with Gasteiger partial charge in [-0.1, -0.05) is 30.3 Å². The molecule has 0 spiro atoms. The Morgan fingerprint density at radius 3 is 2.00 bits per heavy atom. The summed E-state index contributed by atoms with van der Waals surface area (Å²) in [7, 11) is 1.42. The zero-order chi connectivity index (χ0) is 21.1. The van der Waals surface area contributed by atoms with E-state index in [9.17, 15) is 31.1 Å². The number of para-hydroxylation sites is 1. The smallest absolute Gasteiger partial charge is 0.324 e. The van der Waals surface area contributed by atoms with Gasteiger partial charge in [0.25, 0.3) is 0 Å². The average Bonchev–Trinajstić information content (AvgIpc) is 2.60. The summed E-state index contributed by atoms with van der Waals surface area (Å²) < 4.78 is 78.4. The molecular weight excluding hydrogens is 386 g/mol. The third kappa shape index (κ3) is 5.25. The topological polar surface area (TPSA) is 32.3 Å². The van der Waals surface area contributed by atoms with Crippen LogP contribution in [0.25, 0.3) is 0 Å². The van der Waals surface area contributed by atoms with Gasteiger partial charge in [-0.2, -0.15) is 26.3 Å². The molecule has 28 heavy (non-hydrogen) atoms. The molecule has 0 aliphatic carbocycles. The van der Waals surface area contributed by atoms with Crippen LogP contribution in [0.5, 0.6) is 0 Å². The fraction of sp³-hybridized carbons (Fsp3) is 0.316. The van der Waals surface area contributed by atoms with Crippen molar-refractivity contribution in [3.63, 3.8) is 0 Å². The van der Waals surface area contributed by atoms with E-state index in [1.54, 1.807) is 0 Å². The van der Waals surface area contributed by atoms with Gasteiger partial charge in [0, 0.05) is 6.54 Å². The van der Waals surface area contributed by atoms with Crippen LogP contribution >= 0.6 is 0 Å². The molecule has 0 radical (unpaired) electrons. The number of carbonyl (C=O) groups is 1. The van der Waals surface area contributed by atoms with Crippen LogP contribution in [0.3, 0.4) is 0 Å². The molecule has 1 N–H and O–H groups in total. The molecule has 1 unspecified atom stereocenters. The quantitative estimate of drug-likeness (QED) is 0.697. The Balaban J connectivity index is 2.15. The van der Waals surface area contributed by atoms with Gasteiger partial charge in [-0.05, 0) is 37.7 Å². The summed E-state index contributed by atoms with van der Waals surface area (Å²) in [5.41, 5.74) is -2.26. The Labute approximate surface area is 158 Å². The van der Waals surface area contributed by atoms with Crippen molar-refractivity contribution in [2.24, 2.45) is 0 Å². The molecule has 9 heteroatoms. The number of hydrogen-bond acceptors (Lipinski definition) is 2. The maximum Gasteiger partial charge on any atom is 0.418 e. The summed E-state index contributed by atoms with van der Waals surface area (Å²) in [4.78, 5) is 13.7. The Morgan fingerprint density at radius 1 is 0.929 bits per heavy atom. The van der Waals surface area contributed by atoms with Crippen LogP contribution in [0.15, 0.2) is 48.5 Å². The molecule has 0 fully saturated rings. The van der Waals surface area contributed by atoms with Crippen LogP contribution in [-0.4, -0.2) is 23.9 Å². The molecule has 0 heterocycles. The normalized spacial score (nSPS) is 13.5. The lowest BCUT2D eigenvalue weighted by atomic mass is 10.1. The lowest BCUT2D eigenvalue weighted by Gasteiger charge is -2.26. The minimum absolute atomic E-state index is 0.0344. The Hall–Kier alpha value is -2.55. The van der Waals surface area contributed by atoms with Crippen molar-refractivity contribution in [1.29, 1.82) is 0 Å². The fourth-order valence-electron chi connectivity index (χ4n) is 2.62. The van der Waals surface area contributed by atoms with Crippen LogP contribution in [0.2, 0.25) is 0 Å². The molecule has 0 saturated carbocycles. The second kappa shape index (κ2) is 8.22. The Morgan fingerprint density at radius 2 is 1.43 bits per heavy atom. The van der Waals surface area contributed by atoms with E-state index < -0.39 is 41.1 Å². The summed E-state index contributed by atoms with van der Waals surface area (Å²) >= 11 is 0. The first-order chi connectivity index (χ1) is 12.9. The van der Waals surface area contributed by atoms with E-state index in [0.717, 1.165) is 18.2 Å². The van der Waals surface area contributed by atoms with Crippen LogP contribution < -0.4 is 5.32 Å². The van der Waals surface area contributed by atoms with Gasteiger partial charge in [-0.3, -0.25) is 9.69 Å². The van der Waals surface area contributed by atoms with Crippen molar-refractivity contribution in [1.82, 2.24) is 4.90 Å². The molecule has 2 rings (SSSR count). The summed E-state index contributed by atoms with van der Waals surface area (Å²) in [6.45, 7) is 1.20. The molecule has 0 aromatic heterocycles. The monoisotopic (exact) mass is 404 g/mol. The second-order valence-electron chi connectivity index (χ2n) is 6.28. The summed E-state index contributed by atoms with van der Waals surface area (Å²) in [5.74, 6) is -0.760. The number of anilines is 1. The molecule has 0 bridgehead atoms. The molecule has 2 aromatic rings. The number of likely N-dealkylation sites (N-methyl/N-ethyl adjacent to an activating group) is 1. The van der Waals surface area contributed by atoms with E-state index in [2.05, 4.69) is 5.32 Å². The zero-order valence-corrected chi connectivity index (χ0v) is 15.0. The predicted octanol–water partition coefficient (Wildman–Crippen LogP) is 5.18. The number of nitrogens with one attached hydrogen (secondary N) is 1. The van der Waals surface area contributed by atoms with Crippen LogP contribution in [0, 0.1) is 0 Å². The molecule has 0 saturated heterocycles. The number of alkyl halides is 6. The summed E-state index contributed by atoms with van der Waals surface area (Å²) in [6, 6.07) is 8.47. The van der Waals surface area contributed by atoms with Gasteiger partial charge in [-0.25, -0.2) is 0 Å². The number of amides is 1. The van der Waals surface area contributed by atoms with Crippen molar-refractivity contribution >= 4 is 11.6 Å². The van der Waals surface area contributed by atoms with E-state index in [0.29, 0.717) is 0 Å². The van der Waals surface area contributed by atoms with Gasteiger partial charge in [-0.15, -0.1) is 0 Å². The maximum atomic E-state index is 13.1. The molecular formula is C19H18F6N2O. The first-order valence-electron chi connectivity index (χ1n) is 8.23. The number of nitrogens with zero attached hydrogens (tertiary/aromatic N) is 1. The third-order valence-electron chi connectivity index (χ3n) is 4.27. The van der Waals surface area contributed by atoms with Crippen molar-refractivity contribution in [2.45, 2.75) is 31.9 Å². The predicted molar refractivity (Wildman–Crippen MR) is 92.4 cm³/mol. The highest BCUT2D eigenvalue weighted by atomic mass is 19.4. The highest BCUT2D eigenvalue weighted by molar-refractivity contribution is 5.95. The minimum Gasteiger partial charge on any atom is -0.324 e. The number of benzene rings is 2. The van der Waals surface area contributed by atoms with Gasteiger partial charge in [0.1, 0.15) is 0 Å². The molecule has 1 atom stereocenters. The highest BCUT2D eigenvalue weighted by Crippen LogP contribution is 2.35. The molecule has 152 valence electrons. The molecule has 0 aliphatic heterocycles. The van der Waals surface area contributed by atoms with Gasteiger partial charge >= 0.3 is 12.4 Å².